The van der Waals surface area contributed by atoms with Crippen LogP contribution in [0.4, 0.5) is 5.69 Å². The number of carbonyl (C=O) groups excluding carboxylic acids is 2. The molecule has 1 aromatic rings. The minimum atomic E-state index is -0.534. The SMILES string of the molecule is COC(=O)[C@H](c1ccccc1N)N1CCC2SC(=O)C=C2C1. The van der Waals surface area contributed by atoms with Crippen LogP contribution in [0.15, 0.2) is 35.9 Å². The number of thioether (sulfide) groups is 1. The molecule has 0 radical (unpaired) electrons. The molecular formula is C16H18N2O3S. The van der Waals surface area contributed by atoms with Crippen LogP contribution in [0.2, 0.25) is 0 Å². The minimum Gasteiger partial charge on any atom is -0.468 e. The maximum atomic E-state index is 12.3. The van der Waals surface area contributed by atoms with Crippen molar-refractivity contribution in [3.05, 3.63) is 41.5 Å². The Hall–Kier alpha value is -1.79. The van der Waals surface area contributed by atoms with Gasteiger partial charge in [-0.1, -0.05) is 30.0 Å². The lowest BCUT2D eigenvalue weighted by molar-refractivity contribution is -0.147. The predicted octanol–water partition coefficient (Wildman–Crippen LogP) is 1.76. The molecule has 116 valence electrons. The van der Waals surface area contributed by atoms with Crippen LogP contribution in [0, 0.1) is 0 Å². The van der Waals surface area contributed by atoms with Gasteiger partial charge in [-0.25, -0.2) is 4.79 Å². The molecule has 3 rings (SSSR count). The number of nitrogen functional groups attached to an aromatic ring is 1. The van der Waals surface area contributed by atoms with Crippen molar-refractivity contribution >= 4 is 28.5 Å². The van der Waals surface area contributed by atoms with Gasteiger partial charge in [-0.3, -0.25) is 9.69 Å². The highest BCUT2D eigenvalue weighted by molar-refractivity contribution is 8.15. The summed E-state index contributed by atoms with van der Waals surface area (Å²) in [7, 11) is 1.38. The number of hydrogen-bond acceptors (Lipinski definition) is 6. The Kier molecular flexibility index (Phi) is 4.22. The molecule has 1 saturated heterocycles. The zero-order valence-electron chi connectivity index (χ0n) is 12.3. The number of esters is 1. The fraction of sp³-hybridized carbons (Fsp3) is 0.375. The number of carbonyl (C=O) groups is 2. The van der Waals surface area contributed by atoms with E-state index in [9.17, 15) is 9.59 Å². The van der Waals surface area contributed by atoms with Crippen LogP contribution >= 0.6 is 11.8 Å². The Balaban J connectivity index is 1.91. The van der Waals surface area contributed by atoms with Crippen molar-refractivity contribution in [3.63, 3.8) is 0 Å². The van der Waals surface area contributed by atoms with Crippen molar-refractivity contribution in [2.24, 2.45) is 0 Å². The predicted molar refractivity (Wildman–Crippen MR) is 86.3 cm³/mol. The van der Waals surface area contributed by atoms with Gasteiger partial charge in [0.15, 0.2) is 0 Å². The monoisotopic (exact) mass is 318 g/mol. The lowest BCUT2D eigenvalue weighted by Crippen LogP contribution is -2.42. The zero-order chi connectivity index (χ0) is 15.7. The van der Waals surface area contributed by atoms with Gasteiger partial charge in [0.1, 0.15) is 6.04 Å². The van der Waals surface area contributed by atoms with E-state index in [1.807, 2.05) is 23.1 Å². The zero-order valence-corrected chi connectivity index (χ0v) is 13.1. The Morgan fingerprint density at radius 3 is 2.95 bits per heavy atom. The van der Waals surface area contributed by atoms with Crippen LogP contribution < -0.4 is 5.73 Å². The molecule has 2 atom stereocenters. The third kappa shape index (κ3) is 2.76. The van der Waals surface area contributed by atoms with Crippen molar-refractivity contribution in [3.8, 4) is 0 Å². The fourth-order valence-corrected chi connectivity index (χ4v) is 4.06. The van der Waals surface area contributed by atoms with Crippen LogP contribution in [0.5, 0.6) is 0 Å². The van der Waals surface area contributed by atoms with Crippen LogP contribution in [0.1, 0.15) is 18.0 Å². The molecule has 6 heteroatoms. The molecule has 0 aromatic heterocycles. The van der Waals surface area contributed by atoms with Crippen molar-refractivity contribution in [1.82, 2.24) is 4.90 Å². The number of methoxy groups -OCH3 is 1. The first-order valence-corrected chi connectivity index (χ1v) is 8.05. The lowest BCUT2D eigenvalue weighted by atomic mass is 9.97. The lowest BCUT2D eigenvalue weighted by Gasteiger charge is -2.36. The van der Waals surface area contributed by atoms with Crippen LogP contribution in [-0.4, -0.2) is 41.4 Å². The van der Waals surface area contributed by atoms with Gasteiger partial charge in [-0.15, -0.1) is 0 Å². The maximum Gasteiger partial charge on any atom is 0.327 e. The molecule has 1 aromatic carbocycles. The normalized spacial score (nSPS) is 22.9. The first-order valence-electron chi connectivity index (χ1n) is 7.17. The summed E-state index contributed by atoms with van der Waals surface area (Å²) in [6.07, 6.45) is 2.55. The number of nitrogens with two attached hydrogens (primary N) is 1. The van der Waals surface area contributed by atoms with E-state index in [0.29, 0.717) is 12.2 Å². The number of nitrogens with zero attached hydrogens (tertiary/aromatic N) is 1. The molecule has 0 bridgehead atoms. The van der Waals surface area contributed by atoms with E-state index in [0.717, 1.165) is 24.1 Å². The van der Waals surface area contributed by atoms with E-state index >= 15 is 0 Å². The number of fused-ring (bicyclic) bond motifs is 1. The third-order valence-electron chi connectivity index (χ3n) is 4.12. The quantitative estimate of drug-likeness (QED) is 0.676. The van der Waals surface area contributed by atoms with Crippen LogP contribution in [-0.2, 0) is 14.3 Å². The Morgan fingerprint density at radius 1 is 1.45 bits per heavy atom. The first kappa shape index (κ1) is 15.1. The number of para-hydroxylation sites is 1. The number of likely N-dealkylation sites (tertiary alicyclic amines) is 1. The summed E-state index contributed by atoms with van der Waals surface area (Å²) in [4.78, 5) is 25.9. The average molecular weight is 318 g/mol. The molecular weight excluding hydrogens is 300 g/mol. The summed E-state index contributed by atoms with van der Waals surface area (Å²) in [5.41, 5.74) is 8.46. The highest BCUT2D eigenvalue weighted by atomic mass is 32.2. The van der Waals surface area contributed by atoms with E-state index in [-0.39, 0.29) is 16.3 Å². The first-order chi connectivity index (χ1) is 10.6. The topological polar surface area (TPSA) is 72.6 Å². The number of hydrogen-bond donors (Lipinski definition) is 1. The number of piperidine rings is 1. The molecule has 2 N–H and O–H groups in total. The van der Waals surface area contributed by atoms with Crippen LogP contribution in [0.25, 0.3) is 0 Å². The molecule has 2 heterocycles. The van der Waals surface area contributed by atoms with Gasteiger partial charge in [-0.05, 0) is 24.1 Å². The summed E-state index contributed by atoms with van der Waals surface area (Å²) in [5, 5.41) is 0.367. The minimum absolute atomic E-state index is 0.107. The Morgan fingerprint density at radius 2 is 2.23 bits per heavy atom. The second-order valence-electron chi connectivity index (χ2n) is 5.46. The van der Waals surface area contributed by atoms with Gasteiger partial charge >= 0.3 is 5.97 Å². The molecule has 0 saturated carbocycles. The third-order valence-corrected chi connectivity index (χ3v) is 5.29. The molecule has 2 aliphatic heterocycles. The van der Waals surface area contributed by atoms with E-state index in [1.54, 1.807) is 12.1 Å². The summed E-state index contributed by atoms with van der Waals surface area (Å²) < 4.78 is 4.98. The highest BCUT2D eigenvalue weighted by Gasteiger charge is 2.37. The van der Waals surface area contributed by atoms with Crippen molar-refractivity contribution in [2.45, 2.75) is 17.7 Å². The molecule has 0 spiro atoms. The molecule has 1 unspecified atom stereocenters. The van der Waals surface area contributed by atoms with Gasteiger partial charge in [0.2, 0.25) is 5.12 Å². The van der Waals surface area contributed by atoms with Gasteiger partial charge < -0.3 is 10.5 Å². The summed E-state index contributed by atoms with van der Waals surface area (Å²) in [5.74, 6) is -0.325. The maximum absolute atomic E-state index is 12.3. The van der Waals surface area contributed by atoms with Gasteiger partial charge in [0.25, 0.3) is 0 Å². The van der Waals surface area contributed by atoms with E-state index in [2.05, 4.69) is 0 Å². The fourth-order valence-electron chi connectivity index (χ4n) is 3.05. The molecule has 1 fully saturated rings. The number of ether oxygens (including phenoxy) is 1. The standard InChI is InChI=1S/C16H18N2O3S/c1-21-16(20)15(11-4-2-3-5-12(11)17)18-7-6-13-10(9-18)8-14(19)22-13/h2-5,8,13,15H,6-7,9,17H2,1H3/t13?,15-/m0/s1. The molecule has 22 heavy (non-hydrogen) atoms. The van der Waals surface area contributed by atoms with Gasteiger partial charge in [0, 0.05) is 29.6 Å². The molecule has 0 amide bonds. The summed E-state index contributed by atoms with van der Waals surface area (Å²) in [6, 6.07) is 6.81. The molecule has 0 aliphatic carbocycles. The summed E-state index contributed by atoms with van der Waals surface area (Å²) >= 11 is 1.38. The summed E-state index contributed by atoms with van der Waals surface area (Å²) in [6.45, 7) is 1.33. The van der Waals surface area contributed by atoms with Crippen molar-refractivity contribution in [2.75, 3.05) is 25.9 Å². The smallest absolute Gasteiger partial charge is 0.327 e. The second-order valence-corrected chi connectivity index (χ2v) is 6.67. The Bertz CT molecular complexity index is 644. The Labute approximate surface area is 133 Å². The van der Waals surface area contributed by atoms with Gasteiger partial charge in [0.05, 0.1) is 7.11 Å². The van der Waals surface area contributed by atoms with E-state index in [4.69, 9.17) is 10.5 Å². The van der Waals surface area contributed by atoms with Crippen molar-refractivity contribution < 1.29 is 14.3 Å². The highest BCUT2D eigenvalue weighted by Crippen LogP contribution is 2.38. The van der Waals surface area contributed by atoms with E-state index < -0.39 is 6.04 Å². The molecule has 5 nitrogen and oxygen atoms in total. The van der Waals surface area contributed by atoms with Gasteiger partial charge in [-0.2, -0.15) is 0 Å². The van der Waals surface area contributed by atoms with Crippen molar-refractivity contribution in [1.29, 1.82) is 0 Å². The largest absolute Gasteiger partial charge is 0.468 e. The number of anilines is 1. The number of rotatable bonds is 3. The molecule has 2 aliphatic rings. The second kappa shape index (κ2) is 6.14. The number of benzene rings is 1. The average Bonchev–Trinajstić information content (AvgIpc) is 2.88. The van der Waals surface area contributed by atoms with E-state index in [1.165, 1.54) is 18.9 Å². The van der Waals surface area contributed by atoms with Crippen LogP contribution in [0.3, 0.4) is 0 Å².